The predicted molar refractivity (Wildman–Crippen MR) is 103 cm³/mol. The Kier molecular flexibility index (Phi) is 6.04. The van der Waals surface area contributed by atoms with Crippen molar-refractivity contribution in [3.05, 3.63) is 54.5 Å². The Morgan fingerprint density at radius 2 is 2.27 bits per heavy atom. The highest BCUT2D eigenvalue weighted by Crippen LogP contribution is 2.22. The van der Waals surface area contributed by atoms with E-state index in [1.807, 2.05) is 40.9 Å². The number of likely N-dealkylation sites (tertiary alicyclic amines) is 1. The van der Waals surface area contributed by atoms with E-state index in [4.69, 9.17) is 0 Å². The van der Waals surface area contributed by atoms with E-state index in [2.05, 4.69) is 22.0 Å². The number of carbonyl (C=O) groups excluding carboxylic acids is 1. The Labute approximate surface area is 154 Å². The zero-order valence-electron chi connectivity index (χ0n) is 15.4. The average molecular weight is 353 g/mol. The highest BCUT2D eigenvalue weighted by atomic mass is 16.2. The van der Waals surface area contributed by atoms with Crippen LogP contribution in [0.25, 0.3) is 0 Å². The van der Waals surface area contributed by atoms with Crippen molar-refractivity contribution in [3.8, 4) is 0 Å². The Bertz CT molecular complexity index is 723. The fourth-order valence-electron chi connectivity index (χ4n) is 3.31. The summed E-state index contributed by atoms with van der Waals surface area (Å²) < 4.78 is 1.93. The zero-order valence-corrected chi connectivity index (χ0v) is 15.4. The number of aryl methyl sites for hydroxylation is 1. The topological polar surface area (TPSA) is 63.1 Å². The van der Waals surface area contributed by atoms with Gasteiger partial charge in [0.1, 0.15) is 5.82 Å². The second kappa shape index (κ2) is 8.65. The van der Waals surface area contributed by atoms with Crippen molar-refractivity contribution in [2.24, 2.45) is 0 Å². The van der Waals surface area contributed by atoms with Gasteiger partial charge in [-0.2, -0.15) is 5.10 Å². The van der Waals surface area contributed by atoms with Gasteiger partial charge in [-0.05, 0) is 50.8 Å². The highest BCUT2D eigenvalue weighted by molar-refractivity contribution is 5.94. The Hall–Kier alpha value is -2.63. The normalized spacial score (nSPS) is 17.1. The largest absolute Gasteiger partial charge is 0.366 e. The predicted octanol–water partition coefficient (Wildman–Crippen LogP) is 3.35. The van der Waals surface area contributed by atoms with Crippen molar-refractivity contribution in [3.63, 3.8) is 0 Å². The highest BCUT2D eigenvalue weighted by Gasteiger charge is 2.27. The molecule has 1 fully saturated rings. The lowest BCUT2D eigenvalue weighted by Crippen LogP contribution is -2.44. The summed E-state index contributed by atoms with van der Waals surface area (Å²) in [5.41, 5.74) is 1.69. The van der Waals surface area contributed by atoms with Gasteiger partial charge in [0.2, 0.25) is 0 Å². The maximum Gasteiger partial charge on any atom is 0.255 e. The van der Waals surface area contributed by atoms with Crippen LogP contribution < -0.4 is 5.32 Å². The molecule has 1 aliphatic rings. The number of hydrogen-bond donors (Lipinski definition) is 1. The number of amides is 1. The molecule has 0 spiro atoms. The third kappa shape index (κ3) is 4.71. The summed E-state index contributed by atoms with van der Waals surface area (Å²) in [6, 6.07) is 5.91. The van der Waals surface area contributed by atoms with Crippen LogP contribution in [0, 0.1) is 0 Å². The molecule has 2 aromatic heterocycles. The number of anilines is 1. The van der Waals surface area contributed by atoms with Gasteiger partial charge in [0.25, 0.3) is 5.91 Å². The SMILES string of the molecule is C=C(C)CNc1ccc(C(=O)N2CCCC[C@@H]2CCn2cccn2)cn1. The Morgan fingerprint density at radius 3 is 2.96 bits per heavy atom. The Balaban J connectivity index is 1.62. The van der Waals surface area contributed by atoms with E-state index in [-0.39, 0.29) is 11.9 Å². The van der Waals surface area contributed by atoms with E-state index in [9.17, 15) is 4.79 Å². The first-order chi connectivity index (χ1) is 12.6. The molecule has 1 amide bonds. The lowest BCUT2D eigenvalue weighted by atomic mass is 9.98. The molecule has 1 saturated heterocycles. The van der Waals surface area contributed by atoms with Gasteiger partial charge < -0.3 is 10.2 Å². The van der Waals surface area contributed by atoms with Crippen LogP contribution in [0.5, 0.6) is 0 Å². The third-order valence-corrected chi connectivity index (χ3v) is 4.72. The van der Waals surface area contributed by atoms with E-state index in [1.54, 1.807) is 12.4 Å². The van der Waals surface area contributed by atoms with Crippen LogP contribution in [0.1, 0.15) is 43.0 Å². The molecule has 1 N–H and O–H groups in total. The van der Waals surface area contributed by atoms with E-state index >= 15 is 0 Å². The van der Waals surface area contributed by atoms with Gasteiger partial charge in [-0.3, -0.25) is 9.48 Å². The molecule has 6 nitrogen and oxygen atoms in total. The van der Waals surface area contributed by atoms with Gasteiger partial charge in [0.15, 0.2) is 0 Å². The molecule has 1 aliphatic heterocycles. The molecule has 2 aromatic rings. The second-order valence-corrected chi connectivity index (χ2v) is 6.95. The molecule has 3 heterocycles. The number of nitrogens with zero attached hydrogens (tertiary/aromatic N) is 4. The lowest BCUT2D eigenvalue weighted by molar-refractivity contribution is 0.0593. The van der Waals surface area contributed by atoms with Crippen molar-refractivity contribution >= 4 is 11.7 Å². The molecule has 1 atom stereocenters. The summed E-state index contributed by atoms with van der Waals surface area (Å²) in [4.78, 5) is 19.4. The van der Waals surface area contributed by atoms with Crippen LogP contribution in [0.15, 0.2) is 48.9 Å². The first-order valence-corrected chi connectivity index (χ1v) is 9.26. The molecule has 26 heavy (non-hydrogen) atoms. The van der Waals surface area contributed by atoms with Gasteiger partial charge in [0.05, 0.1) is 5.56 Å². The third-order valence-electron chi connectivity index (χ3n) is 4.72. The van der Waals surface area contributed by atoms with Crippen molar-refractivity contribution < 1.29 is 4.79 Å². The average Bonchev–Trinajstić information content (AvgIpc) is 3.18. The first kappa shape index (κ1) is 18.2. The number of piperidine rings is 1. The standard InChI is InChI=1S/C20H27N5O/c1-16(2)14-21-19-8-7-17(15-22-19)20(26)25-12-4-3-6-18(25)9-13-24-11-5-10-23-24/h5,7-8,10-11,15,18H,1,3-4,6,9,12-14H2,2H3,(H,21,22)/t18-/m1/s1. The van der Waals surface area contributed by atoms with Crippen LogP contribution in [0.3, 0.4) is 0 Å². The van der Waals surface area contributed by atoms with Gasteiger partial charge in [-0.1, -0.05) is 12.2 Å². The summed E-state index contributed by atoms with van der Waals surface area (Å²) in [5, 5.41) is 7.45. The summed E-state index contributed by atoms with van der Waals surface area (Å²) >= 11 is 0. The van der Waals surface area contributed by atoms with Crippen molar-refractivity contribution in [2.75, 3.05) is 18.4 Å². The number of rotatable bonds is 7. The van der Waals surface area contributed by atoms with Crippen LogP contribution in [-0.4, -0.2) is 44.7 Å². The first-order valence-electron chi connectivity index (χ1n) is 9.26. The number of hydrogen-bond acceptors (Lipinski definition) is 4. The molecule has 0 aromatic carbocycles. The van der Waals surface area contributed by atoms with Crippen molar-refractivity contribution in [1.82, 2.24) is 19.7 Å². The quantitative estimate of drug-likeness (QED) is 0.776. The summed E-state index contributed by atoms with van der Waals surface area (Å²) in [5.74, 6) is 0.840. The smallest absolute Gasteiger partial charge is 0.255 e. The molecule has 138 valence electrons. The second-order valence-electron chi connectivity index (χ2n) is 6.95. The zero-order chi connectivity index (χ0) is 18.4. The molecule has 0 unspecified atom stereocenters. The molecule has 3 rings (SSSR count). The van der Waals surface area contributed by atoms with E-state index in [0.717, 1.165) is 43.7 Å². The van der Waals surface area contributed by atoms with E-state index < -0.39 is 0 Å². The van der Waals surface area contributed by atoms with Crippen LogP contribution in [0.4, 0.5) is 5.82 Å². The molecule has 0 radical (unpaired) electrons. The van der Waals surface area contributed by atoms with Crippen LogP contribution in [0.2, 0.25) is 0 Å². The minimum atomic E-state index is 0.0779. The number of aromatic nitrogens is 3. The number of carbonyl (C=O) groups is 1. The molecule has 0 saturated carbocycles. The van der Waals surface area contributed by atoms with Crippen molar-refractivity contribution in [1.29, 1.82) is 0 Å². The van der Waals surface area contributed by atoms with E-state index in [1.165, 1.54) is 6.42 Å². The van der Waals surface area contributed by atoms with Crippen molar-refractivity contribution in [2.45, 2.75) is 45.2 Å². The minimum Gasteiger partial charge on any atom is -0.366 e. The van der Waals surface area contributed by atoms with Crippen LogP contribution in [-0.2, 0) is 6.54 Å². The van der Waals surface area contributed by atoms with Gasteiger partial charge in [-0.15, -0.1) is 0 Å². The van der Waals surface area contributed by atoms with Gasteiger partial charge >= 0.3 is 0 Å². The molecule has 0 aliphatic carbocycles. The molecular weight excluding hydrogens is 326 g/mol. The van der Waals surface area contributed by atoms with Gasteiger partial charge in [0, 0.05) is 44.3 Å². The molecular formula is C20H27N5O. The minimum absolute atomic E-state index is 0.0779. The summed E-state index contributed by atoms with van der Waals surface area (Å²) in [6.07, 6.45) is 9.65. The summed E-state index contributed by atoms with van der Waals surface area (Å²) in [7, 11) is 0. The number of nitrogens with one attached hydrogen (secondary N) is 1. The summed E-state index contributed by atoms with van der Waals surface area (Å²) in [6.45, 7) is 8.16. The maximum atomic E-state index is 13.0. The number of pyridine rings is 1. The van der Waals surface area contributed by atoms with E-state index in [0.29, 0.717) is 12.1 Å². The fraction of sp³-hybridized carbons (Fsp3) is 0.450. The Morgan fingerprint density at radius 1 is 1.38 bits per heavy atom. The monoisotopic (exact) mass is 353 g/mol. The maximum absolute atomic E-state index is 13.0. The van der Waals surface area contributed by atoms with Crippen LogP contribution >= 0.6 is 0 Å². The fourth-order valence-corrected chi connectivity index (χ4v) is 3.31. The lowest BCUT2D eigenvalue weighted by Gasteiger charge is -2.36. The van der Waals surface area contributed by atoms with Gasteiger partial charge in [-0.25, -0.2) is 4.98 Å². The molecule has 6 heteroatoms. The molecule has 0 bridgehead atoms.